The molecule has 0 aliphatic rings. The summed E-state index contributed by atoms with van der Waals surface area (Å²) in [6.45, 7) is 0.408. The Morgan fingerprint density at radius 1 is 0.964 bits per heavy atom. The SMILES string of the molecule is CN(Cc1ccccc1)C(=O)C(Cc1ccccc1)NS(=O)(=O)c1cccs1. The van der Waals surface area contributed by atoms with Gasteiger partial charge in [0.15, 0.2) is 0 Å². The maximum Gasteiger partial charge on any atom is 0.250 e. The van der Waals surface area contributed by atoms with E-state index in [4.69, 9.17) is 0 Å². The average molecular weight is 415 g/mol. The molecule has 0 saturated heterocycles. The van der Waals surface area contributed by atoms with E-state index in [0.717, 1.165) is 22.5 Å². The lowest BCUT2D eigenvalue weighted by Crippen LogP contribution is -2.48. The van der Waals surface area contributed by atoms with E-state index in [0.29, 0.717) is 6.54 Å². The van der Waals surface area contributed by atoms with Crippen molar-refractivity contribution in [1.29, 1.82) is 0 Å². The Morgan fingerprint density at radius 3 is 2.14 bits per heavy atom. The van der Waals surface area contributed by atoms with Crippen LogP contribution in [0.4, 0.5) is 0 Å². The summed E-state index contributed by atoms with van der Waals surface area (Å²) in [5.74, 6) is -0.271. The van der Waals surface area contributed by atoms with Crippen LogP contribution >= 0.6 is 11.3 Å². The Labute approximate surface area is 169 Å². The fourth-order valence-electron chi connectivity index (χ4n) is 2.89. The van der Waals surface area contributed by atoms with E-state index in [9.17, 15) is 13.2 Å². The van der Waals surface area contributed by atoms with E-state index in [2.05, 4.69) is 4.72 Å². The smallest absolute Gasteiger partial charge is 0.250 e. The van der Waals surface area contributed by atoms with Crippen molar-refractivity contribution < 1.29 is 13.2 Å². The highest BCUT2D eigenvalue weighted by molar-refractivity contribution is 7.91. The number of likely N-dealkylation sites (N-methyl/N-ethyl adjacent to an activating group) is 1. The van der Waals surface area contributed by atoms with E-state index in [1.54, 1.807) is 23.4 Å². The molecule has 2 aromatic carbocycles. The molecule has 1 amide bonds. The predicted octanol–water partition coefficient (Wildman–Crippen LogP) is 3.30. The molecule has 0 radical (unpaired) electrons. The Balaban J connectivity index is 1.81. The minimum atomic E-state index is -3.77. The third-order valence-corrected chi connectivity index (χ3v) is 7.15. The molecule has 0 saturated carbocycles. The minimum absolute atomic E-state index is 0.198. The van der Waals surface area contributed by atoms with Crippen LogP contribution in [0.25, 0.3) is 0 Å². The monoisotopic (exact) mass is 414 g/mol. The van der Waals surface area contributed by atoms with Crippen molar-refractivity contribution >= 4 is 27.3 Å². The molecule has 0 aliphatic heterocycles. The van der Waals surface area contributed by atoms with Crippen molar-refractivity contribution in [3.63, 3.8) is 0 Å². The Morgan fingerprint density at radius 2 is 1.57 bits per heavy atom. The first-order valence-corrected chi connectivity index (χ1v) is 11.2. The Hall–Kier alpha value is -2.48. The molecule has 1 unspecified atom stereocenters. The van der Waals surface area contributed by atoms with E-state index in [-0.39, 0.29) is 16.5 Å². The van der Waals surface area contributed by atoms with Crippen molar-refractivity contribution in [3.8, 4) is 0 Å². The van der Waals surface area contributed by atoms with Crippen LogP contribution in [0, 0.1) is 0 Å². The van der Waals surface area contributed by atoms with Gasteiger partial charge in [-0.3, -0.25) is 4.79 Å². The summed E-state index contributed by atoms with van der Waals surface area (Å²) in [6.07, 6.45) is 0.281. The average Bonchev–Trinajstić information content (AvgIpc) is 3.24. The number of carbonyl (C=O) groups excluding carboxylic acids is 1. The second-order valence-corrected chi connectivity index (χ2v) is 9.36. The van der Waals surface area contributed by atoms with Crippen LogP contribution in [-0.2, 0) is 27.8 Å². The van der Waals surface area contributed by atoms with Crippen LogP contribution < -0.4 is 4.72 Å². The lowest BCUT2D eigenvalue weighted by Gasteiger charge is -2.24. The van der Waals surface area contributed by atoms with Crippen LogP contribution in [0.2, 0.25) is 0 Å². The maximum atomic E-state index is 13.1. The summed E-state index contributed by atoms with van der Waals surface area (Å²) >= 11 is 1.13. The molecule has 1 atom stereocenters. The van der Waals surface area contributed by atoms with Gasteiger partial charge in [-0.1, -0.05) is 66.7 Å². The number of hydrogen-bond acceptors (Lipinski definition) is 4. The highest BCUT2D eigenvalue weighted by Gasteiger charge is 2.28. The summed E-state index contributed by atoms with van der Waals surface area (Å²) in [5, 5.41) is 1.70. The predicted molar refractivity (Wildman–Crippen MR) is 111 cm³/mol. The van der Waals surface area contributed by atoms with E-state index in [1.165, 1.54) is 6.07 Å². The zero-order valence-corrected chi connectivity index (χ0v) is 17.1. The molecular formula is C21H22N2O3S2. The fraction of sp³-hybridized carbons (Fsp3) is 0.190. The molecule has 1 N–H and O–H groups in total. The molecule has 3 rings (SSSR count). The first kappa shape index (κ1) is 20.3. The van der Waals surface area contributed by atoms with Gasteiger partial charge in [0, 0.05) is 13.6 Å². The number of nitrogens with zero attached hydrogens (tertiary/aromatic N) is 1. The number of benzene rings is 2. The fourth-order valence-corrected chi connectivity index (χ4v) is 5.09. The normalized spacial score (nSPS) is 12.5. The molecule has 0 bridgehead atoms. The first-order valence-electron chi connectivity index (χ1n) is 8.84. The summed E-state index contributed by atoms with van der Waals surface area (Å²) in [7, 11) is -2.08. The van der Waals surface area contributed by atoms with Gasteiger partial charge in [0.2, 0.25) is 5.91 Å². The van der Waals surface area contributed by atoms with Crippen LogP contribution in [-0.4, -0.2) is 32.3 Å². The lowest BCUT2D eigenvalue weighted by atomic mass is 10.1. The van der Waals surface area contributed by atoms with Crippen molar-refractivity contribution in [1.82, 2.24) is 9.62 Å². The highest BCUT2D eigenvalue weighted by Crippen LogP contribution is 2.17. The van der Waals surface area contributed by atoms with Gasteiger partial charge in [-0.2, -0.15) is 4.72 Å². The molecule has 3 aromatic rings. The van der Waals surface area contributed by atoms with Crippen molar-refractivity contribution in [2.24, 2.45) is 0 Å². The van der Waals surface area contributed by atoms with E-state index >= 15 is 0 Å². The van der Waals surface area contributed by atoms with Gasteiger partial charge >= 0.3 is 0 Å². The summed E-state index contributed by atoms with van der Waals surface area (Å²) in [6, 6.07) is 21.3. The van der Waals surface area contributed by atoms with Gasteiger partial charge in [0.05, 0.1) is 0 Å². The van der Waals surface area contributed by atoms with Crippen LogP contribution in [0.3, 0.4) is 0 Å². The molecule has 1 heterocycles. The molecule has 0 aliphatic carbocycles. The van der Waals surface area contributed by atoms with Gasteiger partial charge < -0.3 is 4.90 Å². The molecular weight excluding hydrogens is 392 g/mol. The molecule has 0 spiro atoms. The molecule has 7 heteroatoms. The Kier molecular flexibility index (Phi) is 6.61. The second-order valence-electron chi connectivity index (χ2n) is 6.48. The number of thiophene rings is 1. The number of nitrogens with one attached hydrogen (secondary N) is 1. The standard InChI is InChI=1S/C21H22N2O3S2/c1-23(16-18-11-6-3-7-12-18)21(24)19(15-17-9-4-2-5-10-17)22-28(25,26)20-13-8-14-27-20/h2-14,19,22H,15-16H2,1H3. The van der Waals surface area contributed by atoms with Crippen LogP contribution in [0.15, 0.2) is 82.4 Å². The third-order valence-electron chi connectivity index (χ3n) is 4.28. The van der Waals surface area contributed by atoms with Crippen molar-refractivity contribution in [3.05, 3.63) is 89.3 Å². The molecule has 1 aromatic heterocycles. The summed E-state index contributed by atoms with van der Waals surface area (Å²) in [5.41, 5.74) is 1.88. The zero-order valence-electron chi connectivity index (χ0n) is 15.5. The number of amides is 1. The largest absolute Gasteiger partial charge is 0.340 e. The van der Waals surface area contributed by atoms with Crippen LogP contribution in [0.1, 0.15) is 11.1 Å². The topological polar surface area (TPSA) is 66.5 Å². The molecule has 0 fully saturated rings. The number of rotatable bonds is 8. The van der Waals surface area contributed by atoms with Crippen LogP contribution in [0.5, 0.6) is 0 Å². The van der Waals surface area contributed by atoms with Crippen molar-refractivity contribution in [2.75, 3.05) is 7.05 Å². The minimum Gasteiger partial charge on any atom is -0.340 e. The number of sulfonamides is 1. The number of carbonyl (C=O) groups is 1. The van der Waals surface area contributed by atoms with Gasteiger partial charge in [-0.15, -0.1) is 11.3 Å². The van der Waals surface area contributed by atoms with E-state index in [1.807, 2.05) is 60.7 Å². The quantitative estimate of drug-likeness (QED) is 0.615. The first-order chi connectivity index (χ1) is 13.5. The maximum absolute atomic E-state index is 13.1. The molecule has 5 nitrogen and oxygen atoms in total. The zero-order chi connectivity index (χ0) is 20.0. The van der Waals surface area contributed by atoms with Crippen molar-refractivity contribution in [2.45, 2.75) is 23.2 Å². The van der Waals surface area contributed by atoms with E-state index < -0.39 is 16.1 Å². The number of hydrogen-bond donors (Lipinski definition) is 1. The summed E-state index contributed by atoms with van der Waals surface area (Å²) in [4.78, 5) is 14.7. The van der Waals surface area contributed by atoms with Gasteiger partial charge in [-0.05, 0) is 29.0 Å². The lowest BCUT2D eigenvalue weighted by molar-refractivity contribution is -0.132. The Bertz CT molecular complexity index is 989. The van der Waals surface area contributed by atoms with Gasteiger partial charge in [0.25, 0.3) is 10.0 Å². The molecule has 28 heavy (non-hydrogen) atoms. The van der Waals surface area contributed by atoms with Gasteiger partial charge in [0.1, 0.15) is 10.3 Å². The third kappa shape index (κ3) is 5.28. The second kappa shape index (κ2) is 9.14. The highest BCUT2D eigenvalue weighted by atomic mass is 32.2. The molecule has 146 valence electrons. The van der Waals surface area contributed by atoms with Gasteiger partial charge in [-0.25, -0.2) is 8.42 Å². The summed E-state index contributed by atoms with van der Waals surface area (Å²) < 4.78 is 28.2.